The number of hydrogen-bond donors (Lipinski definition) is 0. The van der Waals surface area contributed by atoms with Crippen LogP contribution in [0.3, 0.4) is 0 Å². The number of methoxy groups -OCH3 is 1. The Kier molecular flexibility index (Phi) is 1.65. The van der Waals surface area contributed by atoms with Gasteiger partial charge in [-0.1, -0.05) is 12.1 Å². The van der Waals surface area contributed by atoms with Gasteiger partial charge in [0, 0.05) is 6.20 Å². The monoisotopic (exact) mass is 198 g/mol. The Morgan fingerprint density at radius 2 is 2.07 bits per heavy atom. The van der Waals surface area contributed by atoms with E-state index in [1.807, 2.05) is 42.6 Å². The van der Waals surface area contributed by atoms with E-state index in [1.165, 1.54) is 0 Å². The Morgan fingerprint density at radius 1 is 1.13 bits per heavy atom. The van der Waals surface area contributed by atoms with Crippen LogP contribution in [0.15, 0.2) is 42.6 Å². The first-order valence-corrected chi connectivity index (χ1v) is 4.80. The number of nitrogens with zero attached hydrogens (tertiary/aromatic N) is 2. The highest BCUT2D eigenvalue weighted by Gasteiger charge is 2.07. The van der Waals surface area contributed by atoms with E-state index in [9.17, 15) is 0 Å². The topological polar surface area (TPSA) is 26.5 Å². The molecule has 0 fully saturated rings. The quantitative estimate of drug-likeness (QED) is 0.600. The zero-order valence-electron chi connectivity index (χ0n) is 8.34. The van der Waals surface area contributed by atoms with Crippen LogP contribution in [0.2, 0.25) is 0 Å². The Labute approximate surface area is 86.9 Å². The first kappa shape index (κ1) is 8.29. The summed E-state index contributed by atoms with van der Waals surface area (Å²) in [5.74, 6) is 0.816. The van der Waals surface area contributed by atoms with Gasteiger partial charge in [-0.2, -0.15) is 0 Å². The zero-order chi connectivity index (χ0) is 10.3. The SMILES string of the molecule is COc1cccc2c1nc1ccccn12. The molecule has 0 amide bonds. The predicted molar refractivity (Wildman–Crippen MR) is 59.3 cm³/mol. The molecule has 1 aromatic carbocycles. The van der Waals surface area contributed by atoms with E-state index >= 15 is 0 Å². The number of aromatic nitrogens is 2. The third-order valence-electron chi connectivity index (χ3n) is 2.52. The Morgan fingerprint density at radius 3 is 2.93 bits per heavy atom. The van der Waals surface area contributed by atoms with Gasteiger partial charge in [0.15, 0.2) is 0 Å². The maximum absolute atomic E-state index is 5.28. The van der Waals surface area contributed by atoms with E-state index in [-0.39, 0.29) is 0 Å². The minimum Gasteiger partial charge on any atom is -0.494 e. The summed E-state index contributed by atoms with van der Waals surface area (Å²) in [6, 6.07) is 11.9. The number of rotatable bonds is 1. The van der Waals surface area contributed by atoms with Gasteiger partial charge in [0.1, 0.15) is 16.9 Å². The van der Waals surface area contributed by atoms with Crippen molar-refractivity contribution in [3.05, 3.63) is 42.6 Å². The van der Waals surface area contributed by atoms with Crippen molar-refractivity contribution in [3.8, 4) is 5.75 Å². The Balaban J connectivity index is 2.53. The maximum Gasteiger partial charge on any atom is 0.146 e. The van der Waals surface area contributed by atoms with Crippen LogP contribution in [0, 0.1) is 0 Å². The molecular formula is C12H10N2O. The summed E-state index contributed by atoms with van der Waals surface area (Å²) in [5.41, 5.74) is 2.92. The molecule has 0 radical (unpaired) electrons. The number of hydrogen-bond acceptors (Lipinski definition) is 2. The fourth-order valence-corrected chi connectivity index (χ4v) is 1.83. The lowest BCUT2D eigenvalue weighted by molar-refractivity contribution is 0.419. The van der Waals surface area contributed by atoms with Crippen molar-refractivity contribution in [2.75, 3.05) is 7.11 Å². The lowest BCUT2D eigenvalue weighted by Gasteiger charge is -1.99. The number of imidazole rings is 1. The first-order chi connectivity index (χ1) is 7.40. The van der Waals surface area contributed by atoms with Crippen LogP contribution in [0.5, 0.6) is 5.75 Å². The number of ether oxygens (including phenoxy) is 1. The third-order valence-corrected chi connectivity index (χ3v) is 2.52. The molecule has 2 aromatic heterocycles. The molecule has 3 nitrogen and oxygen atoms in total. The average molecular weight is 198 g/mol. The van der Waals surface area contributed by atoms with E-state index in [2.05, 4.69) is 9.38 Å². The minimum atomic E-state index is 0.816. The van der Waals surface area contributed by atoms with Crippen LogP contribution in [0.1, 0.15) is 0 Å². The largest absolute Gasteiger partial charge is 0.494 e. The van der Waals surface area contributed by atoms with Crippen LogP contribution in [0.25, 0.3) is 16.7 Å². The fraction of sp³-hybridized carbons (Fsp3) is 0.0833. The van der Waals surface area contributed by atoms with Gasteiger partial charge >= 0.3 is 0 Å². The Bertz CT molecular complexity index is 628. The van der Waals surface area contributed by atoms with Crippen molar-refractivity contribution in [1.82, 2.24) is 9.38 Å². The molecule has 0 saturated heterocycles. The van der Waals surface area contributed by atoms with Crippen molar-refractivity contribution in [1.29, 1.82) is 0 Å². The van der Waals surface area contributed by atoms with Crippen molar-refractivity contribution < 1.29 is 4.74 Å². The van der Waals surface area contributed by atoms with Gasteiger partial charge in [-0.15, -0.1) is 0 Å². The normalized spacial score (nSPS) is 11.0. The van der Waals surface area contributed by atoms with Crippen molar-refractivity contribution in [2.45, 2.75) is 0 Å². The van der Waals surface area contributed by atoms with Gasteiger partial charge in [-0.05, 0) is 24.3 Å². The van der Waals surface area contributed by atoms with Crippen LogP contribution in [0.4, 0.5) is 0 Å². The highest BCUT2D eigenvalue weighted by molar-refractivity contribution is 5.85. The molecule has 3 heteroatoms. The molecule has 74 valence electrons. The van der Waals surface area contributed by atoms with E-state index in [0.717, 1.165) is 22.4 Å². The average Bonchev–Trinajstić information content (AvgIpc) is 2.67. The van der Waals surface area contributed by atoms with Crippen molar-refractivity contribution in [2.24, 2.45) is 0 Å². The van der Waals surface area contributed by atoms with Gasteiger partial charge in [0.05, 0.1) is 12.6 Å². The van der Waals surface area contributed by atoms with Crippen molar-refractivity contribution in [3.63, 3.8) is 0 Å². The molecule has 0 unspecified atom stereocenters. The first-order valence-electron chi connectivity index (χ1n) is 4.80. The lowest BCUT2D eigenvalue weighted by atomic mass is 10.3. The predicted octanol–water partition coefficient (Wildman–Crippen LogP) is 2.50. The van der Waals surface area contributed by atoms with Gasteiger partial charge in [0.2, 0.25) is 0 Å². The van der Waals surface area contributed by atoms with Gasteiger partial charge in [-0.25, -0.2) is 4.98 Å². The molecule has 3 aromatic rings. The Hall–Kier alpha value is -2.03. The maximum atomic E-state index is 5.28. The zero-order valence-corrected chi connectivity index (χ0v) is 8.34. The molecule has 0 aliphatic rings. The van der Waals surface area contributed by atoms with E-state index < -0.39 is 0 Å². The summed E-state index contributed by atoms with van der Waals surface area (Å²) in [6.45, 7) is 0. The number of benzene rings is 1. The molecule has 0 saturated carbocycles. The van der Waals surface area contributed by atoms with Gasteiger partial charge in [0.25, 0.3) is 0 Å². The summed E-state index contributed by atoms with van der Waals surface area (Å²) in [6.07, 6.45) is 2.00. The van der Waals surface area contributed by atoms with E-state index in [1.54, 1.807) is 7.11 Å². The fourth-order valence-electron chi connectivity index (χ4n) is 1.83. The molecule has 0 N–H and O–H groups in total. The molecule has 2 heterocycles. The van der Waals surface area contributed by atoms with Crippen molar-refractivity contribution >= 4 is 16.7 Å². The molecule has 0 atom stereocenters. The summed E-state index contributed by atoms with van der Waals surface area (Å²) >= 11 is 0. The molecular weight excluding hydrogens is 188 g/mol. The summed E-state index contributed by atoms with van der Waals surface area (Å²) in [7, 11) is 1.67. The minimum absolute atomic E-state index is 0.816. The second-order valence-corrected chi connectivity index (χ2v) is 3.37. The second-order valence-electron chi connectivity index (χ2n) is 3.37. The van der Waals surface area contributed by atoms with Crippen LogP contribution in [-0.4, -0.2) is 16.5 Å². The highest BCUT2D eigenvalue weighted by atomic mass is 16.5. The van der Waals surface area contributed by atoms with Crippen LogP contribution < -0.4 is 4.74 Å². The number of fused-ring (bicyclic) bond motifs is 3. The van der Waals surface area contributed by atoms with Gasteiger partial charge < -0.3 is 4.74 Å². The molecule has 0 bridgehead atoms. The lowest BCUT2D eigenvalue weighted by Crippen LogP contribution is -1.84. The summed E-state index contributed by atoms with van der Waals surface area (Å²) in [5, 5.41) is 0. The van der Waals surface area contributed by atoms with E-state index in [4.69, 9.17) is 4.74 Å². The highest BCUT2D eigenvalue weighted by Crippen LogP contribution is 2.25. The van der Waals surface area contributed by atoms with Crippen LogP contribution >= 0.6 is 0 Å². The molecule has 0 aliphatic carbocycles. The summed E-state index contributed by atoms with van der Waals surface area (Å²) in [4.78, 5) is 4.52. The molecule has 0 spiro atoms. The number of para-hydroxylation sites is 1. The van der Waals surface area contributed by atoms with Gasteiger partial charge in [-0.3, -0.25) is 4.40 Å². The molecule has 15 heavy (non-hydrogen) atoms. The summed E-state index contributed by atoms with van der Waals surface area (Å²) < 4.78 is 7.33. The smallest absolute Gasteiger partial charge is 0.146 e. The molecule has 3 rings (SSSR count). The molecule has 0 aliphatic heterocycles. The van der Waals surface area contributed by atoms with Crippen LogP contribution in [-0.2, 0) is 0 Å². The second kappa shape index (κ2) is 2.98. The standard InChI is InChI=1S/C12H10N2O/c1-15-10-6-4-5-9-12(10)13-11-7-2-3-8-14(9)11/h2-8H,1H3. The third kappa shape index (κ3) is 1.09. The number of pyridine rings is 1. The van der Waals surface area contributed by atoms with E-state index in [0.29, 0.717) is 0 Å².